The van der Waals surface area contributed by atoms with E-state index in [1.165, 1.54) is 43.8 Å². The minimum absolute atomic E-state index is 0.668. The molecule has 0 aliphatic heterocycles. The predicted molar refractivity (Wildman–Crippen MR) is 137 cm³/mol. The standard InChI is InChI=1S/C30H25P/c1-23-17-18-26(21-23)29-20-19-25(24-11-5-2-6-12-24)22-30(29)31(27-13-7-3-8-14-27)28-15-9-4-10-16-28/h2-17,19-22H,18H2,1H3. The zero-order valence-electron chi connectivity index (χ0n) is 17.7. The fraction of sp³-hybridized carbons (Fsp3) is 0.0667. The van der Waals surface area contributed by atoms with Gasteiger partial charge in [0.1, 0.15) is 0 Å². The van der Waals surface area contributed by atoms with Crippen molar-refractivity contribution < 1.29 is 0 Å². The predicted octanol–water partition coefficient (Wildman–Crippen LogP) is 6.85. The van der Waals surface area contributed by atoms with Gasteiger partial charge in [-0.3, -0.25) is 0 Å². The molecule has 5 rings (SSSR count). The summed E-state index contributed by atoms with van der Waals surface area (Å²) >= 11 is 0. The van der Waals surface area contributed by atoms with E-state index in [4.69, 9.17) is 0 Å². The fourth-order valence-electron chi connectivity index (χ4n) is 4.23. The average molecular weight is 417 g/mol. The van der Waals surface area contributed by atoms with Gasteiger partial charge >= 0.3 is 0 Å². The Balaban J connectivity index is 1.74. The Bertz CT molecular complexity index is 1200. The maximum atomic E-state index is 2.44. The summed E-state index contributed by atoms with van der Waals surface area (Å²) in [6.07, 6.45) is 5.69. The van der Waals surface area contributed by atoms with Crippen LogP contribution in [0.1, 0.15) is 18.9 Å². The Labute approximate surface area is 186 Å². The molecular weight excluding hydrogens is 391 g/mol. The Morgan fingerprint density at radius 3 is 1.74 bits per heavy atom. The summed E-state index contributed by atoms with van der Waals surface area (Å²) in [5.41, 5.74) is 6.71. The van der Waals surface area contributed by atoms with Crippen molar-refractivity contribution in [3.63, 3.8) is 0 Å². The highest BCUT2D eigenvalue weighted by atomic mass is 31.1. The zero-order valence-corrected chi connectivity index (χ0v) is 18.6. The van der Waals surface area contributed by atoms with Gasteiger partial charge in [-0.1, -0.05) is 121 Å². The van der Waals surface area contributed by atoms with E-state index in [1.54, 1.807) is 0 Å². The molecule has 0 nitrogen and oxygen atoms in total. The van der Waals surface area contributed by atoms with E-state index in [1.807, 2.05) is 0 Å². The van der Waals surface area contributed by atoms with Crippen LogP contribution in [0.4, 0.5) is 0 Å². The van der Waals surface area contributed by atoms with E-state index in [0.29, 0.717) is 0 Å². The first-order valence-electron chi connectivity index (χ1n) is 10.8. The van der Waals surface area contributed by atoms with Crippen LogP contribution in [0, 0.1) is 0 Å². The SMILES string of the molecule is CC1=CCC(c2ccc(-c3ccccc3)cc2P(c2ccccc2)c2ccccc2)=C1. The molecule has 4 aromatic carbocycles. The van der Waals surface area contributed by atoms with Crippen molar-refractivity contribution >= 4 is 29.4 Å². The second-order valence-electron chi connectivity index (χ2n) is 7.93. The van der Waals surface area contributed by atoms with Crippen molar-refractivity contribution in [1.29, 1.82) is 0 Å². The molecule has 0 heterocycles. The number of hydrogen-bond acceptors (Lipinski definition) is 0. The summed E-state index contributed by atoms with van der Waals surface area (Å²) < 4.78 is 0. The Kier molecular flexibility index (Phi) is 5.65. The van der Waals surface area contributed by atoms with Crippen LogP contribution < -0.4 is 15.9 Å². The van der Waals surface area contributed by atoms with Crippen LogP contribution in [0.2, 0.25) is 0 Å². The van der Waals surface area contributed by atoms with Gasteiger partial charge in [0, 0.05) is 0 Å². The summed E-state index contributed by atoms with van der Waals surface area (Å²) in [6.45, 7) is 2.20. The lowest BCUT2D eigenvalue weighted by molar-refractivity contribution is 1.42. The highest BCUT2D eigenvalue weighted by molar-refractivity contribution is 7.80. The van der Waals surface area contributed by atoms with Crippen molar-refractivity contribution in [3.05, 3.63) is 132 Å². The minimum Gasteiger partial charge on any atom is -0.0772 e. The monoisotopic (exact) mass is 416 g/mol. The molecule has 0 unspecified atom stereocenters. The molecule has 4 aromatic rings. The van der Waals surface area contributed by atoms with Crippen LogP contribution in [0.3, 0.4) is 0 Å². The topological polar surface area (TPSA) is 0 Å². The van der Waals surface area contributed by atoms with Crippen molar-refractivity contribution in [2.24, 2.45) is 0 Å². The van der Waals surface area contributed by atoms with Gasteiger partial charge in [-0.05, 0) is 65.5 Å². The van der Waals surface area contributed by atoms with E-state index >= 15 is 0 Å². The second kappa shape index (κ2) is 8.88. The van der Waals surface area contributed by atoms with E-state index in [-0.39, 0.29) is 0 Å². The van der Waals surface area contributed by atoms with Gasteiger partial charge in [-0.15, -0.1) is 0 Å². The van der Waals surface area contributed by atoms with Gasteiger partial charge < -0.3 is 0 Å². The first-order chi connectivity index (χ1) is 15.3. The van der Waals surface area contributed by atoms with Crippen molar-refractivity contribution in [2.45, 2.75) is 13.3 Å². The molecule has 1 aliphatic rings. The summed E-state index contributed by atoms with van der Waals surface area (Å²) in [7, 11) is -0.668. The number of rotatable bonds is 5. The van der Waals surface area contributed by atoms with Crippen LogP contribution in [-0.2, 0) is 0 Å². The average Bonchev–Trinajstić information content (AvgIpc) is 3.27. The summed E-state index contributed by atoms with van der Waals surface area (Å²) in [5.74, 6) is 0. The highest BCUT2D eigenvalue weighted by Crippen LogP contribution is 2.39. The Morgan fingerprint density at radius 1 is 0.613 bits per heavy atom. The van der Waals surface area contributed by atoms with Crippen LogP contribution in [0.15, 0.2) is 127 Å². The third kappa shape index (κ3) is 4.18. The summed E-state index contributed by atoms with van der Waals surface area (Å²) in [4.78, 5) is 0. The van der Waals surface area contributed by atoms with Crippen LogP contribution in [0.5, 0.6) is 0 Å². The molecule has 1 aliphatic carbocycles. The van der Waals surface area contributed by atoms with Gasteiger partial charge in [0.25, 0.3) is 0 Å². The maximum absolute atomic E-state index is 2.44. The number of hydrogen-bond donors (Lipinski definition) is 0. The number of allylic oxidation sites excluding steroid dienone is 4. The van der Waals surface area contributed by atoms with Gasteiger partial charge in [0.05, 0.1) is 0 Å². The quantitative estimate of drug-likeness (QED) is 0.312. The van der Waals surface area contributed by atoms with Gasteiger partial charge in [0.2, 0.25) is 0 Å². The van der Waals surface area contributed by atoms with Crippen LogP contribution in [-0.4, -0.2) is 0 Å². The maximum Gasteiger partial charge on any atom is -0.00696 e. The normalized spacial score (nSPS) is 13.2. The van der Waals surface area contributed by atoms with E-state index < -0.39 is 7.92 Å². The third-order valence-electron chi connectivity index (χ3n) is 5.77. The molecular formula is C30H25P. The molecule has 31 heavy (non-hydrogen) atoms. The largest absolute Gasteiger partial charge is 0.0772 e. The first kappa shape index (κ1) is 19.7. The molecule has 0 N–H and O–H groups in total. The third-order valence-corrected chi connectivity index (χ3v) is 8.25. The smallest absolute Gasteiger partial charge is 0.00696 e. The van der Waals surface area contributed by atoms with Gasteiger partial charge in [-0.25, -0.2) is 0 Å². The van der Waals surface area contributed by atoms with E-state index in [0.717, 1.165) is 6.42 Å². The van der Waals surface area contributed by atoms with Gasteiger partial charge in [-0.2, -0.15) is 0 Å². The lowest BCUT2D eigenvalue weighted by Gasteiger charge is -2.24. The Morgan fingerprint density at radius 2 is 1.19 bits per heavy atom. The summed E-state index contributed by atoms with van der Waals surface area (Å²) in [6, 6.07) is 39.8. The molecule has 0 saturated carbocycles. The highest BCUT2D eigenvalue weighted by Gasteiger charge is 2.22. The molecule has 0 fully saturated rings. The first-order valence-corrected chi connectivity index (χ1v) is 12.1. The van der Waals surface area contributed by atoms with Gasteiger partial charge in [0.15, 0.2) is 0 Å². The molecule has 0 saturated heterocycles. The van der Waals surface area contributed by atoms with E-state index in [2.05, 4.69) is 128 Å². The molecule has 0 aromatic heterocycles. The number of benzene rings is 4. The van der Waals surface area contributed by atoms with Crippen molar-refractivity contribution in [2.75, 3.05) is 0 Å². The molecule has 0 radical (unpaired) electrons. The lowest BCUT2D eigenvalue weighted by atomic mass is 9.99. The molecule has 0 atom stereocenters. The van der Waals surface area contributed by atoms with Crippen LogP contribution in [0.25, 0.3) is 16.7 Å². The Hall–Kier alpha value is -3.21. The molecule has 0 bridgehead atoms. The van der Waals surface area contributed by atoms with Crippen LogP contribution >= 0.6 is 7.92 Å². The van der Waals surface area contributed by atoms with Crippen molar-refractivity contribution in [3.8, 4) is 11.1 Å². The molecule has 1 heteroatoms. The zero-order chi connectivity index (χ0) is 21.0. The fourth-order valence-corrected chi connectivity index (χ4v) is 6.75. The molecule has 0 amide bonds. The lowest BCUT2D eigenvalue weighted by Crippen LogP contribution is -2.23. The minimum atomic E-state index is -0.668. The van der Waals surface area contributed by atoms with Crippen molar-refractivity contribution in [1.82, 2.24) is 0 Å². The molecule has 150 valence electrons. The van der Waals surface area contributed by atoms with E-state index in [9.17, 15) is 0 Å². The summed E-state index contributed by atoms with van der Waals surface area (Å²) in [5, 5.41) is 4.21. The molecule has 0 spiro atoms. The second-order valence-corrected chi connectivity index (χ2v) is 10.1.